The molecule has 0 aliphatic heterocycles. The second-order valence-corrected chi connectivity index (χ2v) is 7.46. The van der Waals surface area contributed by atoms with Gasteiger partial charge in [-0.2, -0.15) is 5.10 Å². The molecule has 0 aliphatic carbocycles. The van der Waals surface area contributed by atoms with Gasteiger partial charge in [-0.25, -0.2) is 28.3 Å². The van der Waals surface area contributed by atoms with Crippen molar-refractivity contribution in [3.05, 3.63) is 79.2 Å². The molecule has 4 rings (SSSR count). The number of nitrogens with two attached hydrogens (primary N) is 2. The predicted octanol–water partition coefficient (Wildman–Crippen LogP) is 0.656. The van der Waals surface area contributed by atoms with E-state index in [4.69, 9.17) is 28.4 Å². The van der Waals surface area contributed by atoms with E-state index in [1.165, 1.54) is 19.4 Å². The molecule has 4 aromatic rings. The summed E-state index contributed by atoms with van der Waals surface area (Å²) in [6.45, 7) is 0.452. The van der Waals surface area contributed by atoms with Gasteiger partial charge in [-0.15, -0.1) is 0 Å². The molecule has 7 N–H and O–H groups in total. The zero-order valence-corrected chi connectivity index (χ0v) is 19.3. The number of nitrogens with one attached hydrogen (secondary N) is 2. The minimum atomic E-state index is -1.27. The fourth-order valence-corrected chi connectivity index (χ4v) is 3.21. The van der Waals surface area contributed by atoms with Gasteiger partial charge in [0, 0.05) is 24.7 Å². The van der Waals surface area contributed by atoms with E-state index in [9.17, 15) is 23.6 Å². The lowest BCUT2D eigenvalue weighted by Crippen LogP contribution is -2.37. The maximum absolute atomic E-state index is 13.6. The molecule has 2 aromatic heterocycles. The number of rotatable bonds is 7. The highest BCUT2D eigenvalue weighted by Gasteiger charge is 2.19. The van der Waals surface area contributed by atoms with E-state index in [0.29, 0.717) is 12.1 Å². The number of anilines is 3. The molecule has 0 saturated heterocycles. The summed E-state index contributed by atoms with van der Waals surface area (Å²) in [5.74, 6) is -2.40. The Labute approximate surface area is 206 Å². The SMILES string of the molecule is COC(=O)c1cc(C(=O)O)nc2c(N)cnn12.Nc1c(NCc2cc(CNCl)ccc2F)c(=O)c1=O. The molecular weight excluding hydrogens is 501 g/mol. The first kappa shape index (κ1) is 26.1. The van der Waals surface area contributed by atoms with Gasteiger partial charge in [-0.05, 0) is 29.5 Å². The van der Waals surface area contributed by atoms with Crippen molar-refractivity contribution in [3.63, 3.8) is 0 Å². The Balaban J connectivity index is 0.000000202. The van der Waals surface area contributed by atoms with Crippen LogP contribution in [0.25, 0.3) is 5.65 Å². The Morgan fingerprint density at radius 1 is 1.19 bits per heavy atom. The van der Waals surface area contributed by atoms with E-state index in [-0.39, 0.29) is 40.6 Å². The molecule has 36 heavy (non-hydrogen) atoms. The number of nitrogen functional groups attached to an aromatic ring is 2. The summed E-state index contributed by atoms with van der Waals surface area (Å²) in [6.07, 6.45) is 1.28. The van der Waals surface area contributed by atoms with Crippen LogP contribution in [0.3, 0.4) is 0 Å². The van der Waals surface area contributed by atoms with Gasteiger partial charge in [0.2, 0.25) is 0 Å². The van der Waals surface area contributed by atoms with E-state index >= 15 is 0 Å². The van der Waals surface area contributed by atoms with Gasteiger partial charge in [-0.3, -0.25) is 9.59 Å². The number of ether oxygens (including phenoxy) is 1. The van der Waals surface area contributed by atoms with Crippen LogP contribution in [0.5, 0.6) is 0 Å². The minimum Gasteiger partial charge on any atom is -0.477 e. The van der Waals surface area contributed by atoms with Gasteiger partial charge in [0.15, 0.2) is 17.0 Å². The van der Waals surface area contributed by atoms with Gasteiger partial charge >= 0.3 is 11.9 Å². The topological polar surface area (TPSA) is 204 Å². The molecule has 2 aromatic carbocycles. The molecule has 0 fully saturated rings. The molecule has 0 aliphatic rings. The summed E-state index contributed by atoms with van der Waals surface area (Å²) in [5.41, 5.74) is 10.6. The Morgan fingerprint density at radius 3 is 2.53 bits per heavy atom. The van der Waals surface area contributed by atoms with Crippen LogP contribution >= 0.6 is 11.8 Å². The number of carboxylic acid groups (broad SMARTS) is 1. The van der Waals surface area contributed by atoms with Gasteiger partial charge < -0.3 is 26.6 Å². The Kier molecular flexibility index (Phi) is 7.81. The van der Waals surface area contributed by atoms with Crippen molar-refractivity contribution in [2.75, 3.05) is 23.9 Å². The fourth-order valence-electron chi connectivity index (χ4n) is 3.06. The number of fused-ring (bicyclic) bond motifs is 1. The Bertz CT molecular complexity index is 1530. The summed E-state index contributed by atoms with van der Waals surface area (Å²) in [7, 11) is 1.18. The normalized spacial score (nSPS) is 10.6. The van der Waals surface area contributed by atoms with Crippen molar-refractivity contribution in [2.45, 2.75) is 13.1 Å². The first-order chi connectivity index (χ1) is 17.1. The summed E-state index contributed by atoms with van der Waals surface area (Å²) in [5, 5.41) is 15.4. The molecule has 0 spiro atoms. The number of methoxy groups -OCH3 is 1. The monoisotopic (exact) mass is 519 g/mol. The van der Waals surface area contributed by atoms with Crippen molar-refractivity contribution < 1.29 is 23.8 Å². The standard InChI is InChI=1S/C12H11ClFN3O2.C9H8N4O4/c13-17-4-6-1-2-8(14)7(3-6)5-16-10-9(15)11(18)12(10)19;1-17-9(16)6-2-5(8(14)15)12-7-4(10)3-11-13(6)7/h1-3,16-17H,4-5,15H2;2-3H,10H2,1H3,(H,14,15). The fraction of sp³-hybridized carbons (Fsp3) is 0.143. The number of halogens is 2. The lowest BCUT2D eigenvalue weighted by Gasteiger charge is -2.11. The van der Waals surface area contributed by atoms with Gasteiger partial charge in [-0.1, -0.05) is 6.07 Å². The second kappa shape index (κ2) is 10.8. The summed E-state index contributed by atoms with van der Waals surface area (Å²) in [4.78, 5) is 50.6. The van der Waals surface area contributed by atoms with E-state index in [2.05, 4.69) is 25.0 Å². The third-order valence-electron chi connectivity index (χ3n) is 4.90. The summed E-state index contributed by atoms with van der Waals surface area (Å²) in [6, 6.07) is 5.60. The molecular formula is C21H19ClFN7O6. The van der Waals surface area contributed by atoms with Crippen LogP contribution in [0.4, 0.5) is 21.5 Å². The molecule has 0 radical (unpaired) electrons. The van der Waals surface area contributed by atoms with Crippen LogP contribution < -0.4 is 32.5 Å². The number of nitrogens with zero attached hydrogens (tertiary/aromatic N) is 3. The van der Waals surface area contributed by atoms with E-state index in [1.54, 1.807) is 12.1 Å². The number of esters is 1. The lowest BCUT2D eigenvalue weighted by molar-refractivity contribution is 0.0590. The van der Waals surface area contributed by atoms with E-state index in [1.807, 2.05) is 0 Å². The molecule has 188 valence electrons. The molecule has 0 atom stereocenters. The molecule has 0 amide bonds. The first-order valence-electron chi connectivity index (χ1n) is 9.98. The number of aromatic carboxylic acids is 1. The van der Waals surface area contributed by atoms with Crippen LogP contribution in [-0.2, 0) is 17.8 Å². The molecule has 0 saturated carbocycles. The zero-order valence-electron chi connectivity index (χ0n) is 18.5. The number of hydrogen-bond acceptors (Lipinski definition) is 11. The minimum absolute atomic E-state index is 0.0465. The van der Waals surface area contributed by atoms with Crippen LogP contribution in [0.2, 0.25) is 0 Å². The van der Waals surface area contributed by atoms with Gasteiger partial charge in [0.1, 0.15) is 17.2 Å². The van der Waals surface area contributed by atoms with Gasteiger partial charge in [0.25, 0.3) is 10.9 Å². The van der Waals surface area contributed by atoms with E-state index in [0.717, 1.165) is 16.1 Å². The molecule has 0 unspecified atom stereocenters. The lowest BCUT2D eigenvalue weighted by atomic mass is 10.1. The zero-order chi connectivity index (χ0) is 26.6. The number of hydrogen-bond donors (Lipinski definition) is 5. The number of carboxylic acids is 1. The number of benzene rings is 1. The van der Waals surface area contributed by atoms with Crippen LogP contribution in [0.1, 0.15) is 32.1 Å². The van der Waals surface area contributed by atoms with Crippen LogP contribution in [-0.4, -0.2) is 38.8 Å². The summed E-state index contributed by atoms with van der Waals surface area (Å²) < 4.78 is 19.2. The maximum atomic E-state index is 13.6. The van der Waals surface area contributed by atoms with Crippen LogP contribution in [0.15, 0.2) is 40.1 Å². The van der Waals surface area contributed by atoms with E-state index < -0.39 is 28.6 Å². The highest BCUT2D eigenvalue weighted by molar-refractivity contribution is 6.13. The third-order valence-corrected chi connectivity index (χ3v) is 5.03. The molecule has 15 heteroatoms. The van der Waals surface area contributed by atoms with Crippen molar-refractivity contribution in [2.24, 2.45) is 0 Å². The van der Waals surface area contributed by atoms with Crippen molar-refractivity contribution >= 4 is 46.4 Å². The number of carbonyl (C=O) groups is 2. The van der Waals surface area contributed by atoms with Crippen molar-refractivity contribution in [3.8, 4) is 0 Å². The summed E-state index contributed by atoms with van der Waals surface area (Å²) >= 11 is 5.38. The van der Waals surface area contributed by atoms with Gasteiger partial charge in [0.05, 0.1) is 19.0 Å². The number of aromatic nitrogens is 3. The maximum Gasteiger partial charge on any atom is 0.356 e. The molecule has 2 heterocycles. The first-order valence-corrected chi connectivity index (χ1v) is 10.4. The third kappa shape index (κ3) is 5.24. The molecule has 0 bridgehead atoms. The largest absolute Gasteiger partial charge is 0.477 e. The Morgan fingerprint density at radius 2 is 1.92 bits per heavy atom. The smallest absolute Gasteiger partial charge is 0.356 e. The van der Waals surface area contributed by atoms with Crippen LogP contribution in [0, 0.1) is 5.82 Å². The quantitative estimate of drug-likeness (QED) is 0.130. The van der Waals surface area contributed by atoms with Crippen molar-refractivity contribution in [1.82, 2.24) is 19.4 Å². The predicted molar refractivity (Wildman–Crippen MR) is 128 cm³/mol. The molecule has 13 nitrogen and oxygen atoms in total. The highest BCUT2D eigenvalue weighted by atomic mass is 35.5. The second-order valence-electron chi connectivity index (χ2n) is 7.20. The van der Waals surface area contributed by atoms with Crippen molar-refractivity contribution in [1.29, 1.82) is 0 Å². The average Bonchev–Trinajstić information content (AvgIpc) is 3.25. The number of carbonyl (C=O) groups excluding carboxylic acids is 1. The average molecular weight is 520 g/mol. The Hall–Kier alpha value is -4.56. The highest BCUT2D eigenvalue weighted by Crippen LogP contribution is 2.16.